The average Bonchev–Trinajstić information content (AvgIpc) is 3.08. The molecule has 0 bridgehead atoms. The lowest BCUT2D eigenvalue weighted by Crippen LogP contribution is -2.25. The SMILES string of the molecule is NC(=O)c1noc([C@@H]2CCCN2c2ncc(Cl)cn2)n1. The molecule has 0 saturated carbocycles. The second-order valence-corrected chi connectivity index (χ2v) is 4.81. The monoisotopic (exact) mass is 294 g/mol. The van der Waals surface area contributed by atoms with Gasteiger partial charge < -0.3 is 15.2 Å². The number of amides is 1. The number of anilines is 1. The molecule has 8 nitrogen and oxygen atoms in total. The van der Waals surface area contributed by atoms with Crippen LogP contribution in [0.4, 0.5) is 5.95 Å². The summed E-state index contributed by atoms with van der Waals surface area (Å²) in [6.45, 7) is 0.764. The minimum absolute atomic E-state index is 0.121. The van der Waals surface area contributed by atoms with Crippen molar-refractivity contribution in [2.24, 2.45) is 5.73 Å². The zero-order valence-electron chi connectivity index (χ0n) is 10.4. The van der Waals surface area contributed by atoms with Crippen molar-refractivity contribution in [2.45, 2.75) is 18.9 Å². The Morgan fingerprint density at radius 1 is 1.45 bits per heavy atom. The first-order valence-electron chi connectivity index (χ1n) is 6.03. The lowest BCUT2D eigenvalue weighted by atomic mass is 10.2. The molecule has 0 radical (unpaired) electrons. The number of carbonyl (C=O) groups excluding carboxylic acids is 1. The summed E-state index contributed by atoms with van der Waals surface area (Å²) >= 11 is 5.77. The van der Waals surface area contributed by atoms with Gasteiger partial charge in [-0.25, -0.2) is 9.97 Å². The molecule has 3 heterocycles. The number of aromatic nitrogens is 4. The molecule has 0 spiro atoms. The van der Waals surface area contributed by atoms with Crippen molar-refractivity contribution in [3.05, 3.63) is 29.1 Å². The van der Waals surface area contributed by atoms with Crippen LogP contribution in [0.25, 0.3) is 0 Å². The number of primary amides is 1. The molecule has 2 N–H and O–H groups in total. The number of nitrogens with two attached hydrogens (primary N) is 1. The summed E-state index contributed by atoms with van der Waals surface area (Å²) in [6, 6.07) is -0.156. The van der Waals surface area contributed by atoms with Crippen molar-refractivity contribution >= 4 is 23.5 Å². The van der Waals surface area contributed by atoms with E-state index in [9.17, 15) is 4.79 Å². The van der Waals surface area contributed by atoms with E-state index in [0.29, 0.717) is 16.9 Å². The van der Waals surface area contributed by atoms with Crippen molar-refractivity contribution in [1.82, 2.24) is 20.1 Å². The second-order valence-electron chi connectivity index (χ2n) is 4.37. The molecule has 3 rings (SSSR count). The van der Waals surface area contributed by atoms with Crippen LogP contribution >= 0.6 is 11.6 Å². The number of halogens is 1. The highest BCUT2D eigenvalue weighted by Gasteiger charge is 2.32. The Hall–Kier alpha value is -2.22. The van der Waals surface area contributed by atoms with Gasteiger partial charge in [0.2, 0.25) is 11.8 Å². The standard InChI is InChI=1S/C11H11ClN6O2/c12-6-4-14-11(15-5-6)18-3-1-2-7(18)10-16-9(8(13)19)17-20-10/h4-5,7H,1-3H2,(H2,13,19)/t7-/m0/s1. The molecule has 1 aliphatic heterocycles. The highest BCUT2D eigenvalue weighted by molar-refractivity contribution is 6.30. The Balaban J connectivity index is 1.88. The van der Waals surface area contributed by atoms with Crippen LogP contribution in [0.3, 0.4) is 0 Å². The molecular formula is C11H11ClN6O2. The van der Waals surface area contributed by atoms with Gasteiger partial charge in [0, 0.05) is 6.54 Å². The molecule has 1 saturated heterocycles. The van der Waals surface area contributed by atoms with Gasteiger partial charge in [-0.2, -0.15) is 4.98 Å². The molecule has 104 valence electrons. The molecule has 2 aromatic rings. The van der Waals surface area contributed by atoms with Gasteiger partial charge in [0.15, 0.2) is 0 Å². The van der Waals surface area contributed by atoms with Gasteiger partial charge in [0.1, 0.15) is 6.04 Å². The van der Waals surface area contributed by atoms with Crippen molar-refractivity contribution in [1.29, 1.82) is 0 Å². The normalized spacial score (nSPS) is 18.4. The van der Waals surface area contributed by atoms with E-state index in [-0.39, 0.29) is 11.9 Å². The summed E-state index contributed by atoms with van der Waals surface area (Å²) in [6.07, 6.45) is 4.81. The van der Waals surface area contributed by atoms with Crippen LogP contribution in [0.5, 0.6) is 0 Å². The lowest BCUT2D eigenvalue weighted by Gasteiger charge is -2.21. The first-order chi connectivity index (χ1) is 9.65. The highest BCUT2D eigenvalue weighted by Crippen LogP contribution is 2.33. The van der Waals surface area contributed by atoms with Crippen molar-refractivity contribution in [3.63, 3.8) is 0 Å². The van der Waals surface area contributed by atoms with Gasteiger partial charge in [-0.05, 0) is 12.8 Å². The Kier molecular flexibility index (Phi) is 3.23. The summed E-state index contributed by atoms with van der Waals surface area (Å²) < 4.78 is 5.10. The number of hydrogen-bond donors (Lipinski definition) is 1. The summed E-state index contributed by atoms with van der Waals surface area (Å²) in [4.78, 5) is 25.3. The van der Waals surface area contributed by atoms with Crippen LogP contribution < -0.4 is 10.6 Å². The Labute approximate surface area is 118 Å². The first kappa shape index (κ1) is 12.8. The third kappa shape index (κ3) is 2.29. The maximum atomic E-state index is 11.0. The number of hydrogen-bond acceptors (Lipinski definition) is 7. The van der Waals surface area contributed by atoms with Crippen LogP contribution in [-0.4, -0.2) is 32.6 Å². The molecule has 0 aliphatic carbocycles. The number of nitrogens with zero attached hydrogens (tertiary/aromatic N) is 5. The zero-order valence-corrected chi connectivity index (χ0v) is 11.1. The molecule has 2 aromatic heterocycles. The van der Waals surface area contributed by atoms with E-state index in [1.54, 1.807) is 0 Å². The van der Waals surface area contributed by atoms with E-state index in [0.717, 1.165) is 19.4 Å². The van der Waals surface area contributed by atoms with Crippen LogP contribution in [-0.2, 0) is 0 Å². The van der Waals surface area contributed by atoms with Crippen molar-refractivity contribution < 1.29 is 9.32 Å². The summed E-state index contributed by atoms with van der Waals surface area (Å²) in [5.74, 6) is 0.0433. The zero-order chi connectivity index (χ0) is 14.1. The fourth-order valence-corrected chi connectivity index (χ4v) is 2.28. The Morgan fingerprint density at radius 3 is 2.85 bits per heavy atom. The fraction of sp³-hybridized carbons (Fsp3) is 0.364. The topological polar surface area (TPSA) is 111 Å². The Morgan fingerprint density at radius 2 is 2.20 bits per heavy atom. The minimum Gasteiger partial charge on any atom is -0.363 e. The largest absolute Gasteiger partial charge is 0.363 e. The van der Waals surface area contributed by atoms with E-state index in [1.165, 1.54) is 12.4 Å². The van der Waals surface area contributed by atoms with Gasteiger partial charge in [-0.1, -0.05) is 16.8 Å². The first-order valence-corrected chi connectivity index (χ1v) is 6.40. The molecule has 0 unspecified atom stereocenters. The number of carbonyl (C=O) groups is 1. The summed E-state index contributed by atoms with van der Waals surface area (Å²) in [5, 5.41) is 4.02. The molecular weight excluding hydrogens is 284 g/mol. The van der Waals surface area contributed by atoms with Gasteiger partial charge in [-0.15, -0.1) is 0 Å². The van der Waals surface area contributed by atoms with Crippen LogP contribution in [0.15, 0.2) is 16.9 Å². The fourth-order valence-electron chi connectivity index (χ4n) is 2.19. The quantitative estimate of drug-likeness (QED) is 0.897. The maximum Gasteiger partial charge on any atom is 0.290 e. The third-order valence-corrected chi connectivity index (χ3v) is 3.26. The van der Waals surface area contributed by atoms with Gasteiger partial charge in [0.05, 0.1) is 17.4 Å². The predicted molar refractivity (Wildman–Crippen MR) is 69.2 cm³/mol. The van der Waals surface area contributed by atoms with E-state index >= 15 is 0 Å². The Bertz CT molecular complexity index is 628. The van der Waals surface area contributed by atoms with Gasteiger partial charge in [0.25, 0.3) is 11.7 Å². The summed E-state index contributed by atoms with van der Waals surface area (Å²) in [7, 11) is 0. The molecule has 1 atom stereocenters. The molecule has 20 heavy (non-hydrogen) atoms. The molecule has 9 heteroatoms. The van der Waals surface area contributed by atoms with Gasteiger partial charge >= 0.3 is 0 Å². The molecule has 1 aliphatic rings. The molecule has 1 amide bonds. The van der Waals surface area contributed by atoms with E-state index in [1.807, 2.05) is 4.90 Å². The predicted octanol–water partition coefficient (Wildman–Crippen LogP) is 0.953. The summed E-state index contributed by atoms with van der Waals surface area (Å²) in [5.41, 5.74) is 5.11. The smallest absolute Gasteiger partial charge is 0.290 e. The van der Waals surface area contributed by atoms with Crippen LogP contribution in [0.2, 0.25) is 5.02 Å². The van der Waals surface area contributed by atoms with E-state index < -0.39 is 5.91 Å². The minimum atomic E-state index is -0.715. The van der Waals surface area contributed by atoms with E-state index in [4.69, 9.17) is 21.9 Å². The van der Waals surface area contributed by atoms with E-state index in [2.05, 4.69) is 20.1 Å². The lowest BCUT2D eigenvalue weighted by molar-refractivity contribution is 0.0987. The number of rotatable bonds is 3. The van der Waals surface area contributed by atoms with Crippen molar-refractivity contribution in [3.8, 4) is 0 Å². The highest BCUT2D eigenvalue weighted by atomic mass is 35.5. The van der Waals surface area contributed by atoms with Gasteiger partial charge in [-0.3, -0.25) is 4.79 Å². The van der Waals surface area contributed by atoms with Crippen LogP contribution in [0, 0.1) is 0 Å². The maximum absolute atomic E-state index is 11.0. The van der Waals surface area contributed by atoms with Crippen molar-refractivity contribution in [2.75, 3.05) is 11.4 Å². The van der Waals surface area contributed by atoms with Crippen LogP contribution in [0.1, 0.15) is 35.4 Å². The molecule has 1 fully saturated rings. The average molecular weight is 295 g/mol. The second kappa shape index (κ2) is 5.04. The molecule has 0 aromatic carbocycles. The third-order valence-electron chi connectivity index (χ3n) is 3.06.